The number of aromatic nitrogens is 2. The number of carbonyl (C=O) groups is 1. The van der Waals surface area contributed by atoms with Crippen LogP contribution in [0.15, 0.2) is 36.7 Å². The normalized spacial score (nSPS) is 10.8. The highest BCUT2D eigenvalue weighted by Crippen LogP contribution is 2.28. The van der Waals surface area contributed by atoms with Gasteiger partial charge in [0.1, 0.15) is 17.9 Å². The van der Waals surface area contributed by atoms with Gasteiger partial charge < -0.3 is 4.90 Å². The molecule has 2 aromatic rings. The maximum atomic E-state index is 11.8. The summed E-state index contributed by atoms with van der Waals surface area (Å²) < 4.78 is 0. The van der Waals surface area contributed by atoms with Gasteiger partial charge in [0, 0.05) is 30.6 Å². The zero-order valence-electron chi connectivity index (χ0n) is 10.7. The Kier molecular flexibility index (Phi) is 4.11. The summed E-state index contributed by atoms with van der Waals surface area (Å²) in [6, 6.07) is 3.74. The maximum Gasteiger partial charge on any atom is 0.251 e. The molecule has 0 aromatic carbocycles. The predicted molar refractivity (Wildman–Crippen MR) is 79.0 cm³/mol. The lowest BCUT2D eigenvalue weighted by Crippen LogP contribution is -2.27. The molecule has 0 fully saturated rings. The van der Waals surface area contributed by atoms with E-state index < -0.39 is 0 Å². The highest BCUT2D eigenvalue weighted by Gasteiger charge is 2.15. The molecule has 0 saturated carbocycles. The molecule has 0 aliphatic rings. The summed E-state index contributed by atoms with van der Waals surface area (Å²) in [5.41, 5.74) is 1.24. The number of hydrogen-bond donors (Lipinski definition) is 0. The fourth-order valence-electron chi connectivity index (χ4n) is 1.53. The van der Waals surface area contributed by atoms with E-state index in [1.165, 1.54) is 22.3 Å². The Morgan fingerprint density at radius 2 is 2.32 bits per heavy atom. The standard InChI is InChI=1S/C13H12BN3OS/c1-3-5-10(18)17(2)13-11(14)16-12(19-13)9-6-4-7-15-8-9/h3-8H,1-2H3/b5-3+. The number of carbonyl (C=O) groups excluding carboxylic acids is 1. The van der Waals surface area contributed by atoms with Crippen molar-refractivity contribution >= 4 is 35.7 Å². The van der Waals surface area contributed by atoms with Crippen LogP contribution >= 0.6 is 11.3 Å². The van der Waals surface area contributed by atoms with E-state index >= 15 is 0 Å². The van der Waals surface area contributed by atoms with Gasteiger partial charge in [-0.2, -0.15) is 0 Å². The lowest BCUT2D eigenvalue weighted by molar-refractivity contribution is -0.113. The number of likely N-dealkylation sites (N-methyl/N-ethyl adjacent to an activating group) is 1. The third-order valence-electron chi connectivity index (χ3n) is 2.49. The Labute approximate surface area is 117 Å². The predicted octanol–water partition coefficient (Wildman–Crippen LogP) is 1.54. The van der Waals surface area contributed by atoms with Crippen molar-refractivity contribution in [1.29, 1.82) is 0 Å². The van der Waals surface area contributed by atoms with E-state index in [4.69, 9.17) is 7.85 Å². The molecular formula is C13H12BN3OS. The van der Waals surface area contributed by atoms with Crippen molar-refractivity contribution < 1.29 is 4.79 Å². The van der Waals surface area contributed by atoms with Crippen LogP contribution in [-0.2, 0) is 4.79 Å². The molecule has 0 aliphatic carbocycles. The molecule has 4 nitrogen and oxygen atoms in total. The van der Waals surface area contributed by atoms with Gasteiger partial charge in [0.05, 0.1) is 0 Å². The van der Waals surface area contributed by atoms with Crippen LogP contribution in [0.1, 0.15) is 6.92 Å². The summed E-state index contributed by atoms with van der Waals surface area (Å²) in [6.45, 7) is 1.79. The van der Waals surface area contributed by atoms with Gasteiger partial charge in [-0.15, -0.1) is 0 Å². The molecule has 0 bridgehead atoms. The van der Waals surface area contributed by atoms with E-state index in [2.05, 4.69) is 9.97 Å². The summed E-state index contributed by atoms with van der Waals surface area (Å²) >= 11 is 1.37. The van der Waals surface area contributed by atoms with Crippen molar-refractivity contribution in [3.8, 4) is 10.6 Å². The second kappa shape index (κ2) is 5.80. The lowest BCUT2D eigenvalue weighted by Gasteiger charge is -2.13. The Hall–Kier alpha value is -1.95. The molecular weight excluding hydrogens is 257 g/mol. The van der Waals surface area contributed by atoms with Gasteiger partial charge in [-0.25, -0.2) is 0 Å². The van der Waals surface area contributed by atoms with Crippen LogP contribution in [-0.4, -0.2) is 30.8 Å². The first kappa shape index (κ1) is 13.5. The fraction of sp³-hybridized carbons (Fsp3) is 0.154. The number of allylic oxidation sites excluding steroid dienone is 1. The van der Waals surface area contributed by atoms with E-state index in [0.717, 1.165) is 10.6 Å². The fourth-order valence-corrected chi connectivity index (χ4v) is 2.47. The highest BCUT2D eigenvalue weighted by molar-refractivity contribution is 7.20. The second-order valence-electron chi connectivity index (χ2n) is 3.85. The van der Waals surface area contributed by atoms with Crippen LogP contribution < -0.4 is 10.5 Å². The van der Waals surface area contributed by atoms with E-state index in [1.807, 2.05) is 12.1 Å². The molecule has 2 aromatic heterocycles. The number of anilines is 1. The zero-order valence-corrected chi connectivity index (χ0v) is 11.5. The van der Waals surface area contributed by atoms with Crippen LogP contribution in [0, 0.1) is 0 Å². The molecule has 0 aliphatic heterocycles. The minimum atomic E-state index is -0.129. The van der Waals surface area contributed by atoms with Gasteiger partial charge in [-0.05, 0) is 25.1 Å². The van der Waals surface area contributed by atoms with Gasteiger partial charge >= 0.3 is 0 Å². The van der Waals surface area contributed by atoms with Crippen molar-refractivity contribution in [1.82, 2.24) is 9.97 Å². The number of amides is 1. The average molecular weight is 269 g/mol. The largest absolute Gasteiger partial charge is 0.303 e. The third-order valence-corrected chi connectivity index (χ3v) is 3.68. The smallest absolute Gasteiger partial charge is 0.251 e. The molecule has 2 rings (SSSR count). The molecule has 0 saturated heterocycles. The molecule has 1 amide bonds. The SMILES string of the molecule is [B]c1nc(-c2cccnc2)sc1N(C)C(=O)/C=C/C. The van der Waals surface area contributed by atoms with Gasteiger partial charge in [-0.3, -0.25) is 14.8 Å². The highest BCUT2D eigenvalue weighted by atomic mass is 32.1. The molecule has 0 unspecified atom stereocenters. The second-order valence-corrected chi connectivity index (χ2v) is 4.83. The number of pyridine rings is 1. The molecule has 2 radical (unpaired) electrons. The first-order valence-electron chi connectivity index (χ1n) is 5.70. The van der Waals surface area contributed by atoms with Crippen molar-refractivity contribution in [2.24, 2.45) is 0 Å². The third kappa shape index (κ3) is 2.90. The Morgan fingerprint density at radius 1 is 1.53 bits per heavy atom. The summed E-state index contributed by atoms with van der Waals surface area (Å²) in [4.78, 5) is 21.6. The quantitative estimate of drug-likeness (QED) is 0.627. The van der Waals surface area contributed by atoms with Crippen molar-refractivity contribution in [2.45, 2.75) is 6.92 Å². The monoisotopic (exact) mass is 269 g/mol. The van der Waals surface area contributed by atoms with E-state index in [-0.39, 0.29) is 5.91 Å². The number of thiazole rings is 1. The zero-order chi connectivity index (χ0) is 13.8. The Balaban J connectivity index is 2.34. The topological polar surface area (TPSA) is 46.1 Å². The van der Waals surface area contributed by atoms with E-state index in [1.54, 1.807) is 32.4 Å². The summed E-state index contributed by atoms with van der Waals surface area (Å²) in [5.74, 6) is -0.129. The molecule has 0 N–H and O–H groups in total. The summed E-state index contributed by atoms with van der Waals surface area (Å²) in [5, 5.41) is 1.39. The van der Waals surface area contributed by atoms with Crippen LogP contribution in [0.3, 0.4) is 0 Å². The molecule has 2 heterocycles. The Morgan fingerprint density at radius 3 is 2.95 bits per heavy atom. The van der Waals surface area contributed by atoms with Crippen molar-refractivity contribution in [3.63, 3.8) is 0 Å². The van der Waals surface area contributed by atoms with Crippen LogP contribution in [0.25, 0.3) is 10.6 Å². The van der Waals surface area contributed by atoms with Crippen LogP contribution in [0.2, 0.25) is 0 Å². The van der Waals surface area contributed by atoms with E-state index in [9.17, 15) is 4.79 Å². The van der Waals surface area contributed by atoms with Crippen molar-refractivity contribution in [3.05, 3.63) is 36.7 Å². The average Bonchev–Trinajstić information content (AvgIpc) is 2.81. The van der Waals surface area contributed by atoms with Gasteiger partial charge in [0.15, 0.2) is 0 Å². The molecule has 0 spiro atoms. The first-order chi connectivity index (χ1) is 9.13. The number of rotatable bonds is 3. The molecule has 94 valence electrons. The molecule has 6 heteroatoms. The van der Waals surface area contributed by atoms with Crippen LogP contribution in [0.5, 0.6) is 0 Å². The Bertz CT molecular complexity index is 610. The van der Waals surface area contributed by atoms with Gasteiger partial charge in [0.2, 0.25) is 0 Å². The lowest BCUT2D eigenvalue weighted by atomic mass is 10.1. The van der Waals surface area contributed by atoms with Crippen LogP contribution in [0.4, 0.5) is 5.00 Å². The minimum absolute atomic E-state index is 0.129. The van der Waals surface area contributed by atoms with E-state index in [0.29, 0.717) is 10.6 Å². The molecule has 0 atom stereocenters. The minimum Gasteiger partial charge on any atom is -0.303 e. The molecule has 19 heavy (non-hydrogen) atoms. The number of nitrogens with zero attached hydrogens (tertiary/aromatic N) is 3. The van der Waals surface area contributed by atoms with Gasteiger partial charge in [0.25, 0.3) is 5.91 Å². The summed E-state index contributed by atoms with van der Waals surface area (Å²) in [6.07, 6.45) is 6.60. The maximum absolute atomic E-state index is 11.8. The van der Waals surface area contributed by atoms with Gasteiger partial charge in [-0.1, -0.05) is 17.4 Å². The van der Waals surface area contributed by atoms with Crippen molar-refractivity contribution in [2.75, 3.05) is 11.9 Å². The number of hydrogen-bond acceptors (Lipinski definition) is 4. The first-order valence-corrected chi connectivity index (χ1v) is 6.52. The summed E-state index contributed by atoms with van der Waals surface area (Å²) in [7, 11) is 7.55.